The SMILES string of the molecule is Cc1ccc(Cl)cc1Cl.[H-].[H-].[Mg+2]. The van der Waals surface area contributed by atoms with Crippen LogP contribution in [0.3, 0.4) is 0 Å². The van der Waals surface area contributed by atoms with Crippen molar-refractivity contribution in [3.05, 3.63) is 33.8 Å². The Balaban J connectivity index is -0.000000270. The summed E-state index contributed by atoms with van der Waals surface area (Å²) in [6.45, 7) is 1.94. The van der Waals surface area contributed by atoms with Crippen LogP contribution in [-0.2, 0) is 0 Å². The van der Waals surface area contributed by atoms with E-state index in [2.05, 4.69) is 0 Å². The Morgan fingerprint density at radius 2 is 1.90 bits per heavy atom. The van der Waals surface area contributed by atoms with Crippen molar-refractivity contribution in [2.75, 3.05) is 0 Å². The van der Waals surface area contributed by atoms with Crippen LogP contribution in [0, 0.1) is 6.92 Å². The van der Waals surface area contributed by atoms with E-state index in [-0.39, 0.29) is 25.9 Å². The van der Waals surface area contributed by atoms with Gasteiger partial charge in [0.05, 0.1) is 0 Å². The summed E-state index contributed by atoms with van der Waals surface area (Å²) in [5, 5.41) is 1.41. The van der Waals surface area contributed by atoms with Gasteiger partial charge in [-0.15, -0.1) is 0 Å². The summed E-state index contributed by atoms with van der Waals surface area (Å²) in [7, 11) is 0. The van der Waals surface area contributed by atoms with Gasteiger partial charge in [-0.1, -0.05) is 29.3 Å². The summed E-state index contributed by atoms with van der Waals surface area (Å²) < 4.78 is 0. The zero-order valence-electron chi connectivity index (χ0n) is 7.70. The molecule has 10 heavy (non-hydrogen) atoms. The second-order valence-corrected chi connectivity index (χ2v) is 2.74. The molecule has 0 N–H and O–H groups in total. The van der Waals surface area contributed by atoms with E-state index in [4.69, 9.17) is 23.2 Å². The minimum atomic E-state index is 0. The maximum absolute atomic E-state index is 5.73. The van der Waals surface area contributed by atoms with Crippen LogP contribution in [0.4, 0.5) is 0 Å². The van der Waals surface area contributed by atoms with E-state index in [1.54, 1.807) is 6.07 Å². The average Bonchev–Trinajstić information content (AvgIpc) is 1.80. The van der Waals surface area contributed by atoms with Gasteiger partial charge in [0.25, 0.3) is 0 Å². The molecule has 0 nitrogen and oxygen atoms in total. The predicted octanol–water partition coefficient (Wildman–Crippen LogP) is 3.15. The van der Waals surface area contributed by atoms with Crippen molar-refractivity contribution in [3.63, 3.8) is 0 Å². The molecule has 0 radical (unpaired) electrons. The first-order chi connectivity index (χ1) is 4.20. The quantitative estimate of drug-likeness (QED) is 0.547. The van der Waals surface area contributed by atoms with Crippen LogP contribution in [-0.4, -0.2) is 23.1 Å². The van der Waals surface area contributed by atoms with Gasteiger partial charge in [0.2, 0.25) is 0 Å². The standard InChI is InChI=1S/C7H6Cl2.Mg.2H/c1-5-2-3-6(8)4-7(5)9;;;/h2-4H,1H3;;;/q;+2;2*-1. The Labute approximate surface area is 89.6 Å². The molecule has 0 unspecified atom stereocenters. The van der Waals surface area contributed by atoms with E-state index in [1.807, 2.05) is 19.1 Å². The summed E-state index contributed by atoms with van der Waals surface area (Å²) in [6, 6.07) is 5.45. The van der Waals surface area contributed by atoms with Gasteiger partial charge in [-0.25, -0.2) is 0 Å². The fourth-order valence-electron chi connectivity index (χ4n) is 0.567. The Morgan fingerprint density at radius 1 is 1.30 bits per heavy atom. The fraction of sp³-hybridized carbons (Fsp3) is 0.143. The molecule has 0 amide bonds. The largest absolute Gasteiger partial charge is 2.00 e. The molecular formula is C7H8Cl2Mg. The van der Waals surface area contributed by atoms with Crippen LogP contribution in [0.2, 0.25) is 10.0 Å². The summed E-state index contributed by atoms with van der Waals surface area (Å²) >= 11 is 11.4. The van der Waals surface area contributed by atoms with Crippen LogP contribution >= 0.6 is 23.2 Å². The maximum Gasteiger partial charge on any atom is 2.00 e. The van der Waals surface area contributed by atoms with Crippen LogP contribution < -0.4 is 0 Å². The molecule has 0 aliphatic rings. The minimum absolute atomic E-state index is 0. The first kappa shape index (κ1) is 10.6. The number of halogens is 2. The molecule has 0 aliphatic carbocycles. The monoisotopic (exact) mass is 186 g/mol. The van der Waals surface area contributed by atoms with E-state index >= 15 is 0 Å². The van der Waals surface area contributed by atoms with Crippen LogP contribution in [0.25, 0.3) is 0 Å². The molecule has 0 spiro atoms. The molecule has 1 rings (SSSR count). The number of hydrogen-bond acceptors (Lipinski definition) is 0. The number of rotatable bonds is 0. The molecule has 1 aromatic carbocycles. The molecule has 0 saturated heterocycles. The van der Waals surface area contributed by atoms with Crippen LogP contribution in [0.1, 0.15) is 8.42 Å². The van der Waals surface area contributed by atoms with Gasteiger partial charge in [-0.3, -0.25) is 0 Å². The first-order valence-electron chi connectivity index (χ1n) is 2.62. The van der Waals surface area contributed by atoms with Crippen molar-refractivity contribution in [3.8, 4) is 0 Å². The first-order valence-corrected chi connectivity index (χ1v) is 3.37. The molecule has 0 saturated carbocycles. The fourth-order valence-corrected chi connectivity index (χ4v) is 0.976. The molecule has 0 atom stereocenters. The Bertz CT molecular complexity index is 231. The molecule has 0 heterocycles. The van der Waals surface area contributed by atoms with Crippen LogP contribution in [0.5, 0.6) is 0 Å². The average molecular weight is 187 g/mol. The van der Waals surface area contributed by atoms with E-state index < -0.39 is 0 Å². The van der Waals surface area contributed by atoms with E-state index in [0.29, 0.717) is 5.02 Å². The predicted molar refractivity (Wildman–Crippen MR) is 49.2 cm³/mol. The summed E-state index contributed by atoms with van der Waals surface area (Å²) in [5.74, 6) is 0. The van der Waals surface area contributed by atoms with Crippen molar-refractivity contribution < 1.29 is 2.85 Å². The zero-order chi connectivity index (χ0) is 6.85. The molecular weight excluding hydrogens is 179 g/mol. The van der Waals surface area contributed by atoms with Crippen molar-refractivity contribution >= 4 is 46.3 Å². The van der Waals surface area contributed by atoms with Gasteiger partial charge in [0, 0.05) is 10.0 Å². The van der Waals surface area contributed by atoms with Gasteiger partial charge < -0.3 is 2.85 Å². The van der Waals surface area contributed by atoms with Gasteiger partial charge in [0.1, 0.15) is 0 Å². The molecule has 0 aromatic heterocycles. The molecule has 0 aliphatic heterocycles. The van der Waals surface area contributed by atoms with Crippen molar-refractivity contribution in [2.45, 2.75) is 6.92 Å². The number of benzene rings is 1. The Hall–Kier alpha value is 0.566. The summed E-state index contributed by atoms with van der Waals surface area (Å²) in [4.78, 5) is 0. The Kier molecular flexibility index (Phi) is 4.70. The van der Waals surface area contributed by atoms with Gasteiger partial charge >= 0.3 is 23.1 Å². The summed E-state index contributed by atoms with van der Waals surface area (Å²) in [6.07, 6.45) is 0. The maximum atomic E-state index is 5.73. The smallest absolute Gasteiger partial charge is 1.00 e. The minimum Gasteiger partial charge on any atom is -1.00 e. The Morgan fingerprint density at radius 3 is 2.30 bits per heavy atom. The normalized spacial score (nSPS) is 8.70. The van der Waals surface area contributed by atoms with E-state index in [1.165, 1.54) is 0 Å². The van der Waals surface area contributed by atoms with Crippen molar-refractivity contribution in [1.82, 2.24) is 0 Å². The van der Waals surface area contributed by atoms with E-state index in [0.717, 1.165) is 10.6 Å². The summed E-state index contributed by atoms with van der Waals surface area (Å²) in [5.41, 5.74) is 1.06. The number of hydrogen-bond donors (Lipinski definition) is 0. The molecule has 1 aromatic rings. The van der Waals surface area contributed by atoms with Crippen LogP contribution in [0.15, 0.2) is 18.2 Å². The second kappa shape index (κ2) is 4.45. The molecule has 0 fully saturated rings. The third kappa shape index (κ3) is 2.66. The van der Waals surface area contributed by atoms with Gasteiger partial charge in [0.15, 0.2) is 0 Å². The molecule has 0 bridgehead atoms. The topological polar surface area (TPSA) is 0 Å². The van der Waals surface area contributed by atoms with Crippen molar-refractivity contribution in [1.29, 1.82) is 0 Å². The molecule has 3 heteroatoms. The third-order valence-electron chi connectivity index (χ3n) is 1.13. The van der Waals surface area contributed by atoms with Gasteiger partial charge in [-0.05, 0) is 24.6 Å². The molecule has 52 valence electrons. The zero-order valence-corrected chi connectivity index (χ0v) is 8.62. The third-order valence-corrected chi connectivity index (χ3v) is 1.78. The second-order valence-electron chi connectivity index (χ2n) is 1.89. The van der Waals surface area contributed by atoms with Gasteiger partial charge in [-0.2, -0.15) is 0 Å². The van der Waals surface area contributed by atoms with Crippen molar-refractivity contribution in [2.24, 2.45) is 0 Å². The van der Waals surface area contributed by atoms with E-state index in [9.17, 15) is 0 Å². The number of aryl methyl sites for hydroxylation is 1.